The van der Waals surface area contributed by atoms with Crippen molar-refractivity contribution in [3.8, 4) is 5.75 Å². The van der Waals surface area contributed by atoms with Crippen molar-refractivity contribution in [2.75, 3.05) is 12.4 Å². The van der Waals surface area contributed by atoms with Gasteiger partial charge in [-0.25, -0.2) is 15.0 Å². The summed E-state index contributed by atoms with van der Waals surface area (Å²) in [5.74, 6) is -2.65. The zero-order chi connectivity index (χ0) is 26.5. The molecule has 1 aliphatic carbocycles. The fourth-order valence-electron chi connectivity index (χ4n) is 3.77. The molecular formula is C26H22BrN3O6S. The summed E-state index contributed by atoms with van der Waals surface area (Å²) in [5, 5.41) is 6.79. The van der Waals surface area contributed by atoms with Gasteiger partial charge in [-0.15, -0.1) is 11.3 Å². The van der Waals surface area contributed by atoms with Gasteiger partial charge in [-0.05, 0) is 89.6 Å². The van der Waals surface area contributed by atoms with Crippen LogP contribution in [0.25, 0.3) is 0 Å². The van der Waals surface area contributed by atoms with E-state index in [1.165, 1.54) is 18.4 Å². The van der Waals surface area contributed by atoms with Crippen molar-refractivity contribution in [1.82, 2.24) is 5.43 Å². The number of carbonyl (C=O) groups is 4. The molecule has 0 unspecified atom stereocenters. The van der Waals surface area contributed by atoms with E-state index in [9.17, 15) is 19.2 Å². The van der Waals surface area contributed by atoms with Gasteiger partial charge in [0.1, 0.15) is 10.8 Å². The van der Waals surface area contributed by atoms with Crippen LogP contribution in [0.15, 0.2) is 58.1 Å². The average Bonchev–Trinajstić information content (AvgIpc) is 3.48. The van der Waals surface area contributed by atoms with Gasteiger partial charge in [0.25, 0.3) is 0 Å². The standard InChI is InChI=1S/C26H22BrN3O6S/c1-14(15-10-12-16(13-11-15)36-25(33)17-6-3-4-8-19(17)27)29-30-23(32)22(31)28-24-21(26(34)35-2)18-7-5-9-20(18)37-24/h3-4,6,8,10-13H,5,7,9H2,1-2H3,(H,28,31)(H,30,32)/b29-14+. The van der Waals surface area contributed by atoms with Gasteiger partial charge in [0.05, 0.1) is 23.9 Å². The number of hydrazone groups is 1. The summed E-state index contributed by atoms with van der Waals surface area (Å²) in [6.45, 7) is 1.65. The zero-order valence-electron chi connectivity index (χ0n) is 19.9. The number of carbonyl (C=O) groups excluding carboxylic acids is 4. The Morgan fingerprint density at radius 2 is 1.70 bits per heavy atom. The Kier molecular flexibility index (Phi) is 8.14. The summed E-state index contributed by atoms with van der Waals surface area (Å²) >= 11 is 4.60. The minimum Gasteiger partial charge on any atom is -0.465 e. The number of nitrogens with one attached hydrogen (secondary N) is 2. The Labute approximate surface area is 225 Å². The van der Waals surface area contributed by atoms with Crippen molar-refractivity contribution < 1.29 is 28.7 Å². The lowest BCUT2D eigenvalue weighted by atomic mass is 10.1. The van der Waals surface area contributed by atoms with Crippen LogP contribution in [-0.2, 0) is 27.2 Å². The lowest BCUT2D eigenvalue weighted by molar-refractivity contribution is -0.136. The monoisotopic (exact) mass is 583 g/mol. The molecular weight excluding hydrogens is 562 g/mol. The van der Waals surface area contributed by atoms with Crippen LogP contribution in [0.3, 0.4) is 0 Å². The van der Waals surface area contributed by atoms with Crippen LogP contribution in [0.2, 0.25) is 0 Å². The van der Waals surface area contributed by atoms with Gasteiger partial charge in [-0.1, -0.05) is 12.1 Å². The molecule has 37 heavy (non-hydrogen) atoms. The lowest BCUT2D eigenvalue weighted by Gasteiger charge is -2.08. The third-order valence-corrected chi connectivity index (χ3v) is 7.54. The molecule has 1 aliphatic rings. The molecule has 11 heteroatoms. The SMILES string of the molecule is COC(=O)c1c(NC(=O)C(=O)N/N=C(\C)c2ccc(OC(=O)c3ccccc3Br)cc2)sc2c1CCC2. The third-order valence-electron chi connectivity index (χ3n) is 5.65. The first-order valence-corrected chi connectivity index (χ1v) is 12.8. The lowest BCUT2D eigenvalue weighted by Crippen LogP contribution is -2.33. The number of methoxy groups -OCH3 is 1. The van der Waals surface area contributed by atoms with Crippen molar-refractivity contribution in [3.05, 3.63) is 80.1 Å². The number of ether oxygens (including phenoxy) is 2. The molecule has 0 atom stereocenters. The van der Waals surface area contributed by atoms with Gasteiger partial charge in [-0.3, -0.25) is 9.59 Å². The van der Waals surface area contributed by atoms with E-state index in [0.29, 0.717) is 37.6 Å². The van der Waals surface area contributed by atoms with Crippen LogP contribution in [0.4, 0.5) is 5.00 Å². The van der Waals surface area contributed by atoms with E-state index in [0.717, 1.165) is 29.7 Å². The second kappa shape index (κ2) is 11.5. The number of halogens is 1. The van der Waals surface area contributed by atoms with Gasteiger partial charge < -0.3 is 14.8 Å². The molecule has 190 valence electrons. The molecule has 0 bridgehead atoms. The maximum absolute atomic E-state index is 12.5. The van der Waals surface area contributed by atoms with E-state index in [1.807, 2.05) is 0 Å². The summed E-state index contributed by atoms with van der Waals surface area (Å²) in [4.78, 5) is 50.4. The van der Waals surface area contributed by atoms with Crippen LogP contribution in [0.1, 0.15) is 50.1 Å². The number of rotatable bonds is 6. The van der Waals surface area contributed by atoms with E-state index in [4.69, 9.17) is 9.47 Å². The van der Waals surface area contributed by atoms with Crippen LogP contribution in [0.5, 0.6) is 5.75 Å². The number of anilines is 1. The maximum atomic E-state index is 12.5. The Balaban J connectivity index is 1.37. The molecule has 2 N–H and O–H groups in total. The first-order valence-electron chi connectivity index (χ1n) is 11.2. The van der Waals surface area contributed by atoms with Crippen molar-refractivity contribution >= 4 is 61.7 Å². The highest BCUT2D eigenvalue weighted by atomic mass is 79.9. The largest absolute Gasteiger partial charge is 0.465 e. The number of benzene rings is 2. The minimum absolute atomic E-state index is 0.296. The quantitative estimate of drug-likeness (QED) is 0.145. The molecule has 2 amide bonds. The highest BCUT2D eigenvalue weighted by Crippen LogP contribution is 2.39. The molecule has 0 saturated carbocycles. The van der Waals surface area contributed by atoms with Crippen LogP contribution >= 0.6 is 27.3 Å². The van der Waals surface area contributed by atoms with Gasteiger partial charge in [0.15, 0.2) is 0 Å². The topological polar surface area (TPSA) is 123 Å². The number of hydrogen-bond acceptors (Lipinski definition) is 8. The number of aryl methyl sites for hydroxylation is 1. The van der Waals surface area contributed by atoms with Gasteiger partial charge in [-0.2, -0.15) is 5.10 Å². The molecule has 0 spiro atoms. The van der Waals surface area contributed by atoms with Gasteiger partial charge in [0, 0.05) is 9.35 Å². The summed E-state index contributed by atoms with van der Waals surface area (Å²) in [6.07, 6.45) is 2.48. The Bertz CT molecular complexity index is 1410. The van der Waals surface area contributed by atoms with Crippen LogP contribution < -0.4 is 15.5 Å². The highest BCUT2D eigenvalue weighted by molar-refractivity contribution is 9.10. The fourth-order valence-corrected chi connectivity index (χ4v) is 5.49. The number of amides is 2. The molecule has 0 radical (unpaired) electrons. The molecule has 0 fully saturated rings. The molecule has 1 aromatic heterocycles. The smallest absolute Gasteiger partial charge is 0.344 e. The highest BCUT2D eigenvalue weighted by Gasteiger charge is 2.29. The third kappa shape index (κ3) is 5.95. The van der Waals surface area contributed by atoms with Gasteiger partial charge in [0.2, 0.25) is 0 Å². The summed E-state index contributed by atoms with van der Waals surface area (Å²) in [6, 6.07) is 13.5. The Morgan fingerprint density at radius 3 is 2.41 bits per heavy atom. The maximum Gasteiger partial charge on any atom is 0.344 e. The first kappa shape index (κ1) is 26.2. The van der Waals surface area contributed by atoms with Crippen LogP contribution in [-0.4, -0.2) is 36.6 Å². The number of thiophene rings is 1. The molecule has 2 aromatic carbocycles. The van der Waals surface area contributed by atoms with Crippen molar-refractivity contribution in [3.63, 3.8) is 0 Å². The van der Waals surface area contributed by atoms with Crippen molar-refractivity contribution in [2.24, 2.45) is 5.10 Å². The number of hydrogen-bond donors (Lipinski definition) is 2. The van der Waals surface area contributed by atoms with E-state index >= 15 is 0 Å². The van der Waals surface area contributed by atoms with Crippen LogP contribution in [0, 0.1) is 0 Å². The van der Waals surface area contributed by atoms with E-state index in [1.54, 1.807) is 55.5 Å². The fraction of sp³-hybridized carbons (Fsp3) is 0.192. The number of nitrogens with zero attached hydrogens (tertiary/aromatic N) is 1. The average molecular weight is 584 g/mol. The van der Waals surface area contributed by atoms with E-state index in [-0.39, 0.29) is 0 Å². The summed E-state index contributed by atoms with van der Waals surface area (Å²) in [5.41, 5.74) is 4.86. The summed E-state index contributed by atoms with van der Waals surface area (Å²) in [7, 11) is 1.27. The molecule has 4 rings (SSSR count). The van der Waals surface area contributed by atoms with Gasteiger partial charge >= 0.3 is 23.8 Å². The minimum atomic E-state index is -0.984. The number of fused-ring (bicyclic) bond motifs is 1. The molecule has 1 heterocycles. The molecule has 0 saturated heterocycles. The van der Waals surface area contributed by atoms with E-state index in [2.05, 4.69) is 31.8 Å². The predicted octanol–water partition coefficient (Wildman–Crippen LogP) is 4.48. The van der Waals surface area contributed by atoms with Crippen molar-refractivity contribution in [2.45, 2.75) is 26.2 Å². The predicted molar refractivity (Wildman–Crippen MR) is 142 cm³/mol. The normalized spacial score (nSPS) is 12.5. The molecule has 3 aromatic rings. The second-order valence-corrected chi connectivity index (χ2v) is 10.00. The second-order valence-electron chi connectivity index (χ2n) is 8.04. The molecule has 0 aliphatic heterocycles. The zero-order valence-corrected chi connectivity index (χ0v) is 22.3. The van der Waals surface area contributed by atoms with Crippen molar-refractivity contribution in [1.29, 1.82) is 0 Å². The first-order chi connectivity index (χ1) is 17.8. The van der Waals surface area contributed by atoms with E-state index < -0.39 is 23.8 Å². The molecule has 9 nitrogen and oxygen atoms in total. The summed E-state index contributed by atoms with van der Waals surface area (Å²) < 4.78 is 10.9. The Hall–Kier alpha value is -3.83. The number of esters is 2. The Morgan fingerprint density at radius 1 is 0.973 bits per heavy atom.